The van der Waals surface area contributed by atoms with Gasteiger partial charge in [0.05, 0.1) is 16.6 Å². The lowest BCUT2D eigenvalue weighted by Crippen LogP contribution is -1.99. The summed E-state index contributed by atoms with van der Waals surface area (Å²) in [5, 5.41) is 1.01. The zero-order chi connectivity index (χ0) is 11.7. The molecule has 0 bridgehead atoms. The maximum Gasteiger partial charge on any atom is 0.137 e. The SMILES string of the molecule is Nc1ccnc(Cc2nc3ccccc3s2)n1. The third kappa shape index (κ3) is 2.09. The molecule has 0 atom stereocenters. The Morgan fingerprint density at radius 3 is 2.82 bits per heavy atom. The number of para-hydroxylation sites is 1. The van der Waals surface area contributed by atoms with Gasteiger partial charge < -0.3 is 5.73 Å². The molecule has 5 heteroatoms. The van der Waals surface area contributed by atoms with Crippen LogP contribution in [0.4, 0.5) is 5.82 Å². The van der Waals surface area contributed by atoms with E-state index >= 15 is 0 Å². The number of aromatic nitrogens is 3. The summed E-state index contributed by atoms with van der Waals surface area (Å²) in [7, 11) is 0. The fourth-order valence-corrected chi connectivity index (χ4v) is 2.59. The monoisotopic (exact) mass is 242 g/mol. The van der Waals surface area contributed by atoms with Gasteiger partial charge in [-0.05, 0) is 18.2 Å². The molecular formula is C12H10N4S. The molecule has 0 amide bonds. The molecule has 0 aliphatic carbocycles. The molecule has 4 nitrogen and oxygen atoms in total. The molecule has 0 fully saturated rings. The second-order valence-electron chi connectivity index (χ2n) is 3.65. The van der Waals surface area contributed by atoms with E-state index in [0.29, 0.717) is 18.1 Å². The minimum Gasteiger partial charge on any atom is -0.384 e. The Balaban J connectivity index is 1.94. The van der Waals surface area contributed by atoms with Gasteiger partial charge in [-0.1, -0.05) is 12.1 Å². The van der Waals surface area contributed by atoms with E-state index in [0.717, 1.165) is 10.5 Å². The molecule has 1 aromatic carbocycles. The quantitative estimate of drug-likeness (QED) is 0.748. The Hall–Kier alpha value is -2.01. The maximum absolute atomic E-state index is 5.62. The summed E-state index contributed by atoms with van der Waals surface area (Å²) in [5.74, 6) is 1.21. The normalized spacial score (nSPS) is 10.8. The third-order valence-corrected chi connectivity index (χ3v) is 3.41. The lowest BCUT2D eigenvalue weighted by molar-refractivity contribution is 0.966. The van der Waals surface area contributed by atoms with Crippen LogP contribution in [-0.2, 0) is 6.42 Å². The van der Waals surface area contributed by atoms with Crippen molar-refractivity contribution < 1.29 is 0 Å². The second kappa shape index (κ2) is 4.10. The number of fused-ring (bicyclic) bond motifs is 1. The smallest absolute Gasteiger partial charge is 0.137 e. The summed E-state index contributed by atoms with van der Waals surface area (Å²) in [6, 6.07) is 9.76. The number of nitrogens with two attached hydrogens (primary N) is 1. The zero-order valence-electron chi connectivity index (χ0n) is 9.00. The van der Waals surface area contributed by atoms with Crippen LogP contribution < -0.4 is 5.73 Å². The van der Waals surface area contributed by atoms with Crippen molar-refractivity contribution in [3.05, 3.63) is 47.4 Å². The van der Waals surface area contributed by atoms with Crippen LogP contribution in [0.5, 0.6) is 0 Å². The zero-order valence-corrected chi connectivity index (χ0v) is 9.81. The Bertz CT molecular complexity index is 629. The van der Waals surface area contributed by atoms with E-state index < -0.39 is 0 Å². The molecule has 0 radical (unpaired) electrons. The Kier molecular flexibility index (Phi) is 2.45. The van der Waals surface area contributed by atoms with E-state index in [1.165, 1.54) is 4.70 Å². The first-order chi connectivity index (χ1) is 8.31. The molecule has 2 heterocycles. The highest BCUT2D eigenvalue weighted by Crippen LogP contribution is 2.22. The molecule has 0 unspecified atom stereocenters. The summed E-state index contributed by atoms with van der Waals surface area (Å²) in [6.07, 6.45) is 2.30. The fraction of sp³-hybridized carbons (Fsp3) is 0.0833. The topological polar surface area (TPSA) is 64.7 Å². The minimum atomic E-state index is 0.496. The average molecular weight is 242 g/mol. The Labute approximate surface area is 102 Å². The molecule has 84 valence electrons. The first-order valence-electron chi connectivity index (χ1n) is 5.23. The van der Waals surface area contributed by atoms with Crippen LogP contribution >= 0.6 is 11.3 Å². The van der Waals surface area contributed by atoms with E-state index in [-0.39, 0.29) is 0 Å². The standard InChI is InChI=1S/C12H10N4S/c13-10-5-6-14-11(16-10)7-12-15-8-3-1-2-4-9(8)17-12/h1-6H,7H2,(H2,13,14,16). The number of hydrogen-bond acceptors (Lipinski definition) is 5. The van der Waals surface area contributed by atoms with E-state index in [9.17, 15) is 0 Å². The minimum absolute atomic E-state index is 0.496. The summed E-state index contributed by atoms with van der Waals surface area (Å²) in [4.78, 5) is 12.9. The summed E-state index contributed by atoms with van der Waals surface area (Å²) < 4.78 is 1.19. The third-order valence-electron chi connectivity index (χ3n) is 2.37. The Morgan fingerprint density at radius 2 is 2.00 bits per heavy atom. The first kappa shape index (κ1) is 10.2. The van der Waals surface area contributed by atoms with Crippen LogP contribution in [0.25, 0.3) is 10.2 Å². The van der Waals surface area contributed by atoms with Crippen molar-refractivity contribution >= 4 is 27.4 Å². The van der Waals surface area contributed by atoms with Crippen LogP contribution in [-0.4, -0.2) is 15.0 Å². The lowest BCUT2D eigenvalue weighted by Gasteiger charge is -1.96. The van der Waals surface area contributed by atoms with Gasteiger partial charge in [0.25, 0.3) is 0 Å². The molecule has 17 heavy (non-hydrogen) atoms. The molecule has 0 spiro atoms. The highest BCUT2D eigenvalue weighted by atomic mass is 32.1. The van der Waals surface area contributed by atoms with E-state index in [1.807, 2.05) is 18.2 Å². The lowest BCUT2D eigenvalue weighted by atomic mass is 10.3. The van der Waals surface area contributed by atoms with Gasteiger partial charge in [-0.3, -0.25) is 0 Å². The highest BCUT2D eigenvalue weighted by Gasteiger charge is 2.06. The van der Waals surface area contributed by atoms with Gasteiger partial charge in [-0.25, -0.2) is 15.0 Å². The fourth-order valence-electron chi connectivity index (χ4n) is 1.63. The van der Waals surface area contributed by atoms with Gasteiger partial charge in [0.1, 0.15) is 16.6 Å². The van der Waals surface area contributed by atoms with Crippen LogP contribution in [0.1, 0.15) is 10.8 Å². The van der Waals surface area contributed by atoms with Crippen molar-refractivity contribution in [2.24, 2.45) is 0 Å². The summed E-state index contributed by atoms with van der Waals surface area (Å²) in [6.45, 7) is 0. The van der Waals surface area contributed by atoms with Crippen molar-refractivity contribution in [1.29, 1.82) is 0 Å². The van der Waals surface area contributed by atoms with Gasteiger partial charge in [0.2, 0.25) is 0 Å². The highest BCUT2D eigenvalue weighted by molar-refractivity contribution is 7.18. The predicted molar refractivity (Wildman–Crippen MR) is 68.9 cm³/mol. The number of anilines is 1. The number of nitrogen functional groups attached to an aromatic ring is 1. The molecule has 3 rings (SSSR count). The number of nitrogens with zero attached hydrogens (tertiary/aromatic N) is 3. The van der Waals surface area contributed by atoms with Gasteiger partial charge in [-0.15, -0.1) is 11.3 Å². The van der Waals surface area contributed by atoms with Crippen molar-refractivity contribution in [2.45, 2.75) is 6.42 Å². The number of benzene rings is 1. The summed E-state index contributed by atoms with van der Waals surface area (Å²) in [5.41, 5.74) is 6.64. The number of rotatable bonds is 2. The molecule has 2 aromatic heterocycles. The van der Waals surface area contributed by atoms with E-state index in [2.05, 4.69) is 21.0 Å². The largest absolute Gasteiger partial charge is 0.384 e. The maximum atomic E-state index is 5.62. The predicted octanol–water partition coefficient (Wildman–Crippen LogP) is 2.26. The van der Waals surface area contributed by atoms with Crippen molar-refractivity contribution in [3.63, 3.8) is 0 Å². The summed E-state index contributed by atoms with van der Waals surface area (Å²) >= 11 is 1.67. The Morgan fingerprint density at radius 1 is 1.12 bits per heavy atom. The van der Waals surface area contributed by atoms with Gasteiger partial charge >= 0.3 is 0 Å². The molecule has 3 aromatic rings. The number of thiazole rings is 1. The molecule has 2 N–H and O–H groups in total. The van der Waals surface area contributed by atoms with Gasteiger partial charge in [0, 0.05) is 6.20 Å². The van der Waals surface area contributed by atoms with Crippen molar-refractivity contribution in [2.75, 3.05) is 5.73 Å². The van der Waals surface area contributed by atoms with Crippen LogP contribution in [0, 0.1) is 0 Å². The van der Waals surface area contributed by atoms with Crippen molar-refractivity contribution in [1.82, 2.24) is 15.0 Å². The van der Waals surface area contributed by atoms with Crippen molar-refractivity contribution in [3.8, 4) is 0 Å². The molecule has 0 saturated carbocycles. The second-order valence-corrected chi connectivity index (χ2v) is 4.77. The van der Waals surface area contributed by atoms with Gasteiger partial charge in [0.15, 0.2) is 0 Å². The van der Waals surface area contributed by atoms with Crippen LogP contribution in [0.15, 0.2) is 36.5 Å². The molecular weight excluding hydrogens is 232 g/mol. The van der Waals surface area contributed by atoms with Crippen LogP contribution in [0.2, 0.25) is 0 Å². The average Bonchev–Trinajstić information content (AvgIpc) is 2.71. The molecule has 0 aliphatic heterocycles. The number of hydrogen-bond donors (Lipinski definition) is 1. The molecule has 0 saturated heterocycles. The van der Waals surface area contributed by atoms with Gasteiger partial charge in [-0.2, -0.15) is 0 Å². The molecule has 0 aliphatic rings. The van der Waals surface area contributed by atoms with Crippen LogP contribution in [0.3, 0.4) is 0 Å². The van der Waals surface area contributed by atoms with E-state index in [1.54, 1.807) is 23.6 Å². The first-order valence-corrected chi connectivity index (χ1v) is 6.05. The van der Waals surface area contributed by atoms with E-state index in [4.69, 9.17) is 5.73 Å².